The number of carbonyl (C=O) groups is 1. The number of aromatic nitrogens is 1. The first-order valence-electron chi connectivity index (χ1n) is 6.04. The molecule has 2 rings (SSSR count). The Hall–Kier alpha value is -1.36. The van der Waals surface area contributed by atoms with E-state index in [4.69, 9.17) is 10.3 Å². The summed E-state index contributed by atoms with van der Waals surface area (Å²) in [5.41, 5.74) is 6.11. The van der Waals surface area contributed by atoms with E-state index in [1.54, 1.807) is 17.9 Å². The van der Waals surface area contributed by atoms with Crippen LogP contribution in [0.3, 0.4) is 0 Å². The highest BCUT2D eigenvalue weighted by Gasteiger charge is 2.32. The molecule has 2 atom stereocenters. The quantitative estimate of drug-likeness (QED) is 0.856. The minimum absolute atomic E-state index is 0.0767. The molecule has 2 N–H and O–H groups in total. The normalized spacial score (nSPS) is 23.9. The van der Waals surface area contributed by atoms with Gasteiger partial charge in [0, 0.05) is 19.2 Å². The van der Waals surface area contributed by atoms with Crippen molar-refractivity contribution in [2.24, 2.45) is 11.7 Å². The Balaban J connectivity index is 2.09. The smallest absolute Gasteiger partial charge is 0.276 e. The van der Waals surface area contributed by atoms with E-state index in [0.29, 0.717) is 23.9 Å². The molecule has 0 aliphatic heterocycles. The van der Waals surface area contributed by atoms with Gasteiger partial charge in [-0.3, -0.25) is 4.79 Å². The van der Waals surface area contributed by atoms with Crippen molar-refractivity contribution in [1.29, 1.82) is 0 Å². The lowest BCUT2D eigenvalue weighted by atomic mass is 10.0. The molecule has 0 spiro atoms. The maximum absolute atomic E-state index is 12.2. The largest absolute Gasteiger partial charge is 0.361 e. The number of nitrogens with zero attached hydrogens (tertiary/aromatic N) is 2. The molecule has 1 saturated carbocycles. The fourth-order valence-corrected chi connectivity index (χ4v) is 2.60. The van der Waals surface area contributed by atoms with Crippen LogP contribution in [0.2, 0.25) is 0 Å². The molecule has 0 bridgehead atoms. The zero-order valence-corrected chi connectivity index (χ0v) is 10.3. The number of nitrogens with two attached hydrogens (primary N) is 1. The minimum atomic E-state index is -0.0767. The Labute approximate surface area is 101 Å². The van der Waals surface area contributed by atoms with Crippen LogP contribution >= 0.6 is 0 Å². The van der Waals surface area contributed by atoms with Gasteiger partial charge in [-0.15, -0.1) is 0 Å². The van der Waals surface area contributed by atoms with Crippen molar-refractivity contribution < 1.29 is 9.32 Å². The minimum Gasteiger partial charge on any atom is -0.361 e. The molecule has 5 nitrogen and oxygen atoms in total. The monoisotopic (exact) mass is 237 g/mol. The summed E-state index contributed by atoms with van der Waals surface area (Å²) in [4.78, 5) is 13.9. The molecule has 5 heteroatoms. The Morgan fingerprint density at radius 1 is 1.65 bits per heavy atom. The molecule has 1 aliphatic carbocycles. The van der Waals surface area contributed by atoms with Gasteiger partial charge in [0.15, 0.2) is 5.69 Å². The van der Waals surface area contributed by atoms with Crippen LogP contribution < -0.4 is 5.73 Å². The third-order valence-corrected chi connectivity index (χ3v) is 3.59. The lowest BCUT2D eigenvalue weighted by Crippen LogP contribution is -2.41. The van der Waals surface area contributed by atoms with Gasteiger partial charge < -0.3 is 15.2 Å². The lowest BCUT2D eigenvalue weighted by molar-refractivity contribution is 0.0689. The second kappa shape index (κ2) is 4.87. The zero-order chi connectivity index (χ0) is 12.4. The summed E-state index contributed by atoms with van der Waals surface area (Å²) in [7, 11) is 1.82. The molecule has 1 amide bonds. The van der Waals surface area contributed by atoms with Gasteiger partial charge in [0.05, 0.1) is 0 Å². The van der Waals surface area contributed by atoms with Crippen molar-refractivity contribution in [2.45, 2.75) is 32.2 Å². The molecule has 1 aromatic rings. The summed E-state index contributed by atoms with van der Waals surface area (Å²) in [5.74, 6) is 0.993. The van der Waals surface area contributed by atoms with Gasteiger partial charge in [0.25, 0.3) is 5.91 Å². The fraction of sp³-hybridized carbons (Fsp3) is 0.667. The first-order valence-corrected chi connectivity index (χ1v) is 6.04. The highest BCUT2D eigenvalue weighted by Crippen LogP contribution is 2.29. The predicted octanol–water partition coefficient (Wildman–Crippen LogP) is 1.18. The van der Waals surface area contributed by atoms with Gasteiger partial charge in [0.2, 0.25) is 0 Å². The van der Waals surface area contributed by atoms with Crippen molar-refractivity contribution in [1.82, 2.24) is 10.1 Å². The van der Waals surface area contributed by atoms with E-state index < -0.39 is 0 Å². The number of amides is 1. The molecule has 17 heavy (non-hydrogen) atoms. The Kier molecular flexibility index (Phi) is 3.47. The Morgan fingerprint density at radius 2 is 2.41 bits per heavy atom. The van der Waals surface area contributed by atoms with Crippen molar-refractivity contribution >= 4 is 5.91 Å². The summed E-state index contributed by atoms with van der Waals surface area (Å²) < 4.78 is 4.93. The van der Waals surface area contributed by atoms with Crippen LogP contribution in [0.15, 0.2) is 10.6 Å². The van der Waals surface area contributed by atoms with Gasteiger partial charge >= 0.3 is 0 Å². The van der Waals surface area contributed by atoms with Gasteiger partial charge in [-0.1, -0.05) is 11.6 Å². The highest BCUT2D eigenvalue weighted by atomic mass is 16.5. The van der Waals surface area contributed by atoms with Crippen molar-refractivity contribution in [3.05, 3.63) is 17.5 Å². The molecular formula is C12H19N3O2. The molecular weight excluding hydrogens is 218 g/mol. The first kappa shape index (κ1) is 12.1. The summed E-state index contributed by atoms with van der Waals surface area (Å²) in [5, 5.41) is 3.76. The van der Waals surface area contributed by atoms with Gasteiger partial charge in [0.1, 0.15) is 5.76 Å². The molecule has 0 saturated heterocycles. The van der Waals surface area contributed by atoms with Crippen LogP contribution in [0, 0.1) is 12.8 Å². The summed E-state index contributed by atoms with van der Waals surface area (Å²) in [6.07, 6.45) is 3.28. The number of hydrogen-bond acceptors (Lipinski definition) is 4. The maximum atomic E-state index is 12.2. The predicted molar refractivity (Wildman–Crippen MR) is 63.5 cm³/mol. The SMILES string of the molecule is Cc1cc(C(=O)N(C)C2CCCC2CN)no1. The number of aryl methyl sites for hydroxylation is 1. The topological polar surface area (TPSA) is 72.4 Å². The molecule has 2 unspecified atom stereocenters. The average Bonchev–Trinajstić information content (AvgIpc) is 2.95. The third-order valence-electron chi connectivity index (χ3n) is 3.59. The van der Waals surface area contributed by atoms with E-state index in [1.165, 1.54) is 0 Å². The van der Waals surface area contributed by atoms with Crippen LogP contribution in [0.1, 0.15) is 35.5 Å². The van der Waals surface area contributed by atoms with Crippen LogP contribution in [-0.4, -0.2) is 35.6 Å². The van der Waals surface area contributed by atoms with Gasteiger partial charge in [-0.25, -0.2) is 0 Å². The first-order chi connectivity index (χ1) is 8.13. The van der Waals surface area contributed by atoms with Crippen LogP contribution in [0.5, 0.6) is 0 Å². The number of hydrogen-bond donors (Lipinski definition) is 1. The van der Waals surface area contributed by atoms with E-state index in [1.807, 2.05) is 7.05 Å². The van der Waals surface area contributed by atoms with Gasteiger partial charge in [-0.2, -0.15) is 0 Å². The van der Waals surface area contributed by atoms with E-state index >= 15 is 0 Å². The zero-order valence-electron chi connectivity index (χ0n) is 10.3. The third kappa shape index (κ3) is 2.34. The summed E-state index contributed by atoms with van der Waals surface area (Å²) >= 11 is 0. The van der Waals surface area contributed by atoms with Gasteiger partial charge in [-0.05, 0) is 32.2 Å². The van der Waals surface area contributed by atoms with Crippen molar-refractivity contribution in [3.8, 4) is 0 Å². The molecule has 94 valence electrons. The summed E-state index contributed by atoms with van der Waals surface area (Å²) in [6, 6.07) is 1.91. The van der Waals surface area contributed by atoms with Crippen LogP contribution in [-0.2, 0) is 0 Å². The maximum Gasteiger partial charge on any atom is 0.276 e. The molecule has 1 heterocycles. The second-order valence-corrected chi connectivity index (χ2v) is 4.73. The van der Waals surface area contributed by atoms with E-state index in [-0.39, 0.29) is 11.9 Å². The average molecular weight is 237 g/mol. The fourth-order valence-electron chi connectivity index (χ4n) is 2.60. The summed E-state index contributed by atoms with van der Waals surface area (Å²) in [6.45, 7) is 2.42. The molecule has 1 aromatic heterocycles. The van der Waals surface area contributed by atoms with E-state index in [0.717, 1.165) is 19.3 Å². The van der Waals surface area contributed by atoms with Crippen molar-refractivity contribution in [2.75, 3.05) is 13.6 Å². The standard InChI is InChI=1S/C12H19N3O2/c1-8-6-10(14-17-8)12(16)15(2)11-5-3-4-9(11)7-13/h6,9,11H,3-5,7,13H2,1-2H3. The number of rotatable bonds is 3. The molecule has 0 aromatic carbocycles. The molecule has 1 fully saturated rings. The van der Waals surface area contributed by atoms with E-state index in [9.17, 15) is 4.79 Å². The van der Waals surface area contributed by atoms with Crippen LogP contribution in [0.4, 0.5) is 0 Å². The number of carbonyl (C=O) groups excluding carboxylic acids is 1. The highest BCUT2D eigenvalue weighted by molar-refractivity contribution is 5.92. The molecule has 0 radical (unpaired) electrons. The Morgan fingerprint density at radius 3 is 3.00 bits per heavy atom. The Bertz CT molecular complexity index is 402. The van der Waals surface area contributed by atoms with E-state index in [2.05, 4.69) is 5.16 Å². The lowest BCUT2D eigenvalue weighted by Gasteiger charge is -2.28. The van der Waals surface area contributed by atoms with Crippen LogP contribution in [0.25, 0.3) is 0 Å². The molecule has 1 aliphatic rings. The van der Waals surface area contributed by atoms with Crippen molar-refractivity contribution in [3.63, 3.8) is 0 Å². The second-order valence-electron chi connectivity index (χ2n) is 4.73.